The number of alkyl halides is 3. The van der Waals surface area contributed by atoms with Crippen molar-refractivity contribution in [1.82, 2.24) is 19.7 Å². The Morgan fingerprint density at radius 3 is 2.43 bits per heavy atom. The summed E-state index contributed by atoms with van der Waals surface area (Å²) in [5.74, 6) is 0.369. The monoisotopic (exact) mass is 415 g/mol. The minimum Gasteiger partial charge on any atom is -0.355 e. The molecule has 0 bridgehead atoms. The second kappa shape index (κ2) is 8.17. The molecule has 1 aliphatic rings. The number of amides is 1. The molecule has 2 aromatic heterocycles. The van der Waals surface area contributed by atoms with E-state index in [2.05, 4.69) is 10.1 Å². The van der Waals surface area contributed by atoms with E-state index in [4.69, 9.17) is 0 Å². The number of para-hydroxylation sites is 1. The van der Waals surface area contributed by atoms with E-state index in [1.807, 2.05) is 35.2 Å². The third-order valence-electron chi connectivity index (χ3n) is 5.03. The van der Waals surface area contributed by atoms with Crippen molar-refractivity contribution in [1.29, 1.82) is 0 Å². The molecule has 3 heterocycles. The number of carbonyl (C=O) groups is 1. The van der Waals surface area contributed by atoms with Crippen molar-refractivity contribution in [3.05, 3.63) is 72.2 Å². The van der Waals surface area contributed by atoms with E-state index >= 15 is 0 Å². The maximum Gasteiger partial charge on any atom is 0.417 e. The number of anilines is 1. The first-order chi connectivity index (χ1) is 14.4. The van der Waals surface area contributed by atoms with Gasteiger partial charge in [0.1, 0.15) is 5.82 Å². The predicted molar refractivity (Wildman–Crippen MR) is 106 cm³/mol. The molecule has 4 rings (SSSR count). The zero-order valence-corrected chi connectivity index (χ0v) is 16.1. The summed E-state index contributed by atoms with van der Waals surface area (Å²) < 4.78 is 39.9. The van der Waals surface area contributed by atoms with Crippen molar-refractivity contribution in [3.63, 3.8) is 0 Å². The molecule has 3 aromatic rings. The number of aromatic nitrogens is 3. The molecular weight excluding hydrogens is 395 g/mol. The molecule has 0 unspecified atom stereocenters. The summed E-state index contributed by atoms with van der Waals surface area (Å²) in [4.78, 5) is 20.5. The van der Waals surface area contributed by atoms with Gasteiger partial charge in [0.15, 0.2) is 0 Å². The number of pyridine rings is 1. The minimum absolute atomic E-state index is 0.112. The van der Waals surface area contributed by atoms with Gasteiger partial charge in [-0.25, -0.2) is 9.67 Å². The van der Waals surface area contributed by atoms with Gasteiger partial charge in [0, 0.05) is 38.6 Å². The standard InChI is InChI=1S/C21H20F3N5O/c22-21(23,24)17-7-8-19(25-14-17)27-9-4-10-28(12-11-27)20(30)16-13-26-29(15-16)18-5-2-1-3-6-18/h1-3,5-8,13-15H,4,9-12H2. The molecular formula is C21H20F3N5O. The number of carbonyl (C=O) groups excluding carboxylic acids is 1. The summed E-state index contributed by atoms with van der Waals surface area (Å²) >= 11 is 0. The molecule has 1 fully saturated rings. The number of benzene rings is 1. The Bertz CT molecular complexity index is 1000. The Morgan fingerprint density at radius 1 is 0.933 bits per heavy atom. The molecule has 0 saturated carbocycles. The molecule has 0 atom stereocenters. The molecule has 0 aliphatic carbocycles. The van der Waals surface area contributed by atoms with E-state index in [1.165, 1.54) is 6.07 Å². The highest BCUT2D eigenvalue weighted by molar-refractivity contribution is 5.93. The van der Waals surface area contributed by atoms with E-state index in [-0.39, 0.29) is 5.91 Å². The van der Waals surface area contributed by atoms with Gasteiger partial charge in [-0.3, -0.25) is 4.79 Å². The quantitative estimate of drug-likeness (QED) is 0.656. The van der Waals surface area contributed by atoms with Crippen LogP contribution in [0, 0.1) is 0 Å². The van der Waals surface area contributed by atoms with Gasteiger partial charge < -0.3 is 9.80 Å². The van der Waals surface area contributed by atoms with Crippen LogP contribution in [-0.4, -0.2) is 51.8 Å². The maximum atomic E-state index is 12.9. The van der Waals surface area contributed by atoms with Crippen LogP contribution in [-0.2, 0) is 6.18 Å². The van der Waals surface area contributed by atoms with Crippen LogP contribution in [0.3, 0.4) is 0 Å². The molecule has 0 N–H and O–H groups in total. The second-order valence-corrected chi connectivity index (χ2v) is 7.04. The highest BCUT2D eigenvalue weighted by atomic mass is 19.4. The molecule has 0 radical (unpaired) electrons. The van der Waals surface area contributed by atoms with Crippen LogP contribution < -0.4 is 4.90 Å². The summed E-state index contributed by atoms with van der Waals surface area (Å²) in [6, 6.07) is 11.9. The van der Waals surface area contributed by atoms with Crippen molar-refractivity contribution < 1.29 is 18.0 Å². The molecule has 30 heavy (non-hydrogen) atoms. The topological polar surface area (TPSA) is 54.3 Å². The summed E-state index contributed by atoms with van der Waals surface area (Å²) in [6.07, 6.45) is 0.396. The number of hydrogen-bond donors (Lipinski definition) is 0. The smallest absolute Gasteiger partial charge is 0.355 e. The zero-order valence-electron chi connectivity index (χ0n) is 16.1. The summed E-state index contributed by atoms with van der Waals surface area (Å²) in [6.45, 7) is 2.13. The number of halogens is 3. The summed E-state index contributed by atoms with van der Waals surface area (Å²) in [5.41, 5.74) is 0.597. The van der Waals surface area contributed by atoms with Crippen LogP contribution in [0.25, 0.3) is 5.69 Å². The second-order valence-electron chi connectivity index (χ2n) is 7.04. The fourth-order valence-corrected chi connectivity index (χ4v) is 3.43. The lowest BCUT2D eigenvalue weighted by molar-refractivity contribution is -0.137. The SMILES string of the molecule is O=C(c1cnn(-c2ccccc2)c1)N1CCCN(c2ccc(C(F)(F)F)cn2)CC1. The van der Waals surface area contributed by atoms with Crippen LogP contribution in [0.4, 0.5) is 19.0 Å². The summed E-state index contributed by atoms with van der Waals surface area (Å²) in [7, 11) is 0. The molecule has 1 amide bonds. The minimum atomic E-state index is -4.41. The number of hydrogen-bond acceptors (Lipinski definition) is 4. The summed E-state index contributed by atoms with van der Waals surface area (Å²) in [5, 5.41) is 4.27. The van der Waals surface area contributed by atoms with Crippen LogP contribution in [0.15, 0.2) is 61.1 Å². The first-order valence-corrected chi connectivity index (χ1v) is 9.59. The largest absolute Gasteiger partial charge is 0.417 e. The lowest BCUT2D eigenvalue weighted by Crippen LogP contribution is -2.35. The normalized spacial score (nSPS) is 15.2. The van der Waals surface area contributed by atoms with Gasteiger partial charge in [-0.05, 0) is 30.7 Å². The van der Waals surface area contributed by atoms with Crippen LogP contribution >= 0.6 is 0 Å². The van der Waals surface area contributed by atoms with Crippen molar-refractivity contribution in [2.75, 3.05) is 31.1 Å². The van der Waals surface area contributed by atoms with Gasteiger partial charge in [-0.1, -0.05) is 18.2 Å². The molecule has 156 valence electrons. The Hall–Kier alpha value is -3.36. The molecule has 9 heteroatoms. The fraction of sp³-hybridized carbons (Fsp3) is 0.286. The Kier molecular flexibility index (Phi) is 5.43. The Balaban J connectivity index is 1.42. The highest BCUT2D eigenvalue weighted by Crippen LogP contribution is 2.29. The predicted octanol–water partition coefficient (Wildman–Crippen LogP) is 3.64. The Morgan fingerprint density at radius 2 is 1.73 bits per heavy atom. The number of rotatable bonds is 3. The fourth-order valence-electron chi connectivity index (χ4n) is 3.43. The van der Waals surface area contributed by atoms with Crippen molar-refractivity contribution >= 4 is 11.7 Å². The van der Waals surface area contributed by atoms with E-state index in [1.54, 1.807) is 22.0 Å². The lowest BCUT2D eigenvalue weighted by atomic mass is 10.2. The number of nitrogens with zero attached hydrogens (tertiary/aromatic N) is 5. The van der Waals surface area contributed by atoms with Gasteiger partial charge in [-0.15, -0.1) is 0 Å². The van der Waals surface area contributed by atoms with Crippen LogP contribution in [0.5, 0.6) is 0 Å². The van der Waals surface area contributed by atoms with Gasteiger partial charge in [0.25, 0.3) is 5.91 Å². The van der Waals surface area contributed by atoms with Gasteiger partial charge in [-0.2, -0.15) is 18.3 Å². The van der Waals surface area contributed by atoms with Crippen LogP contribution in [0.1, 0.15) is 22.3 Å². The average molecular weight is 415 g/mol. The third-order valence-corrected chi connectivity index (χ3v) is 5.03. The molecule has 0 spiro atoms. The van der Waals surface area contributed by atoms with E-state index in [0.717, 1.165) is 18.0 Å². The zero-order chi connectivity index (χ0) is 21.1. The molecule has 1 aromatic carbocycles. The first-order valence-electron chi connectivity index (χ1n) is 9.59. The first kappa shape index (κ1) is 19.9. The van der Waals surface area contributed by atoms with E-state index < -0.39 is 11.7 Å². The Labute approximate surface area is 171 Å². The van der Waals surface area contributed by atoms with Gasteiger partial charge >= 0.3 is 6.18 Å². The van der Waals surface area contributed by atoms with E-state index in [0.29, 0.717) is 44.0 Å². The van der Waals surface area contributed by atoms with Crippen molar-refractivity contribution in [2.45, 2.75) is 12.6 Å². The molecule has 6 nitrogen and oxygen atoms in total. The average Bonchev–Trinajstić information content (AvgIpc) is 3.11. The van der Waals surface area contributed by atoms with Gasteiger partial charge in [0.2, 0.25) is 0 Å². The molecule has 1 saturated heterocycles. The maximum absolute atomic E-state index is 12.9. The van der Waals surface area contributed by atoms with E-state index in [9.17, 15) is 18.0 Å². The highest BCUT2D eigenvalue weighted by Gasteiger charge is 2.31. The van der Waals surface area contributed by atoms with Crippen LogP contribution in [0.2, 0.25) is 0 Å². The van der Waals surface area contributed by atoms with Crippen molar-refractivity contribution in [3.8, 4) is 5.69 Å². The third kappa shape index (κ3) is 4.29. The van der Waals surface area contributed by atoms with Gasteiger partial charge in [0.05, 0.1) is 23.0 Å². The lowest BCUT2D eigenvalue weighted by Gasteiger charge is -2.23. The molecule has 1 aliphatic heterocycles. The van der Waals surface area contributed by atoms with Crippen molar-refractivity contribution in [2.24, 2.45) is 0 Å².